The van der Waals surface area contributed by atoms with E-state index in [1.165, 1.54) is 11.8 Å². The van der Waals surface area contributed by atoms with Crippen LogP contribution in [0.25, 0.3) is 11.0 Å². The maximum atomic E-state index is 12.2. The molecule has 0 aliphatic carbocycles. The van der Waals surface area contributed by atoms with E-state index >= 15 is 0 Å². The number of nitrogens with two attached hydrogens (primary N) is 1. The van der Waals surface area contributed by atoms with Crippen molar-refractivity contribution in [2.75, 3.05) is 18.0 Å². The molecule has 5 rings (SSSR count). The molecular weight excluding hydrogens is 408 g/mol. The number of nitrogens with one attached hydrogen (secondary N) is 1. The standard InChI is InChI=1S/C20H19ClN6OS/c1-2-13-17(21)16-18(24-13)25-20(26-19(16)27-8-10(22)9-27)29-11-3-4-14-12(7-11)15(28)5-6-23-14/h3-4,6-7,10H,2,5,8-9,22H2,1H3,(H,24,25,26). The highest BCUT2D eigenvalue weighted by Gasteiger charge is 2.29. The molecule has 29 heavy (non-hydrogen) atoms. The molecular formula is C20H19ClN6OS. The predicted octanol–water partition coefficient (Wildman–Crippen LogP) is 3.76. The van der Waals surface area contributed by atoms with Gasteiger partial charge in [0.2, 0.25) is 0 Å². The molecule has 2 aromatic heterocycles. The lowest BCUT2D eigenvalue weighted by atomic mass is 10.0. The molecule has 1 aromatic carbocycles. The Morgan fingerprint density at radius 1 is 1.34 bits per heavy atom. The number of aromatic amines is 1. The third kappa shape index (κ3) is 3.21. The zero-order valence-corrected chi connectivity index (χ0v) is 17.3. The highest BCUT2D eigenvalue weighted by Crippen LogP contribution is 2.38. The van der Waals surface area contributed by atoms with Crippen LogP contribution < -0.4 is 10.6 Å². The average molecular weight is 427 g/mol. The number of Topliss-reactive ketones (excluding diaryl/α,β-unsaturated/α-hetero) is 1. The largest absolute Gasteiger partial charge is 0.353 e. The number of aromatic nitrogens is 3. The summed E-state index contributed by atoms with van der Waals surface area (Å²) < 4.78 is 0. The molecule has 0 unspecified atom stereocenters. The molecule has 3 N–H and O–H groups in total. The van der Waals surface area contributed by atoms with Gasteiger partial charge >= 0.3 is 0 Å². The van der Waals surface area contributed by atoms with E-state index in [2.05, 4.69) is 14.9 Å². The molecule has 3 aromatic rings. The van der Waals surface area contributed by atoms with Gasteiger partial charge in [-0.25, -0.2) is 9.97 Å². The van der Waals surface area contributed by atoms with Crippen molar-refractivity contribution in [1.29, 1.82) is 0 Å². The van der Waals surface area contributed by atoms with Crippen LogP contribution in [0.15, 0.2) is 33.2 Å². The average Bonchev–Trinajstić information content (AvgIpc) is 3.01. The van der Waals surface area contributed by atoms with Crippen molar-refractivity contribution in [3.05, 3.63) is 34.5 Å². The zero-order valence-electron chi connectivity index (χ0n) is 15.8. The Bertz CT molecular complexity index is 1170. The second-order valence-corrected chi connectivity index (χ2v) is 8.63. The maximum absolute atomic E-state index is 12.2. The van der Waals surface area contributed by atoms with E-state index in [0.29, 0.717) is 27.9 Å². The number of hydrogen-bond acceptors (Lipinski definition) is 7. The van der Waals surface area contributed by atoms with Gasteiger partial charge in [0.1, 0.15) is 11.5 Å². The third-order valence-electron chi connectivity index (χ3n) is 5.17. The van der Waals surface area contributed by atoms with Crippen LogP contribution in [-0.2, 0) is 6.42 Å². The Kier molecular flexibility index (Phi) is 4.57. The van der Waals surface area contributed by atoms with Crippen molar-refractivity contribution < 1.29 is 4.79 Å². The molecule has 0 bridgehead atoms. The van der Waals surface area contributed by atoms with Crippen LogP contribution in [0, 0.1) is 0 Å². The molecule has 2 aliphatic rings. The van der Waals surface area contributed by atoms with E-state index in [1.807, 2.05) is 25.1 Å². The van der Waals surface area contributed by atoms with E-state index in [9.17, 15) is 4.79 Å². The normalized spacial score (nSPS) is 16.4. The summed E-state index contributed by atoms with van der Waals surface area (Å²) in [7, 11) is 0. The molecule has 1 saturated heterocycles. The van der Waals surface area contributed by atoms with Gasteiger partial charge in [-0.2, -0.15) is 0 Å². The van der Waals surface area contributed by atoms with E-state index in [1.54, 1.807) is 6.21 Å². The molecule has 4 heterocycles. The van der Waals surface area contributed by atoms with Crippen LogP contribution in [0.5, 0.6) is 0 Å². The van der Waals surface area contributed by atoms with Crippen molar-refractivity contribution in [3.63, 3.8) is 0 Å². The van der Waals surface area contributed by atoms with Crippen molar-refractivity contribution in [2.24, 2.45) is 10.7 Å². The molecule has 0 atom stereocenters. The number of halogens is 1. The van der Waals surface area contributed by atoms with Crippen LogP contribution >= 0.6 is 23.4 Å². The molecule has 1 fully saturated rings. The Morgan fingerprint density at radius 3 is 2.93 bits per heavy atom. The first-order valence-corrected chi connectivity index (χ1v) is 10.7. The molecule has 9 heteroatoms. The first-order valence-electron chi connectivity index (χ1n) is 9.49. The summed E-state index contributed by atoms with van der Waals surface area (Å²) in [6, 6.07) is 5.81. The molecule has 0 amide bonds. The first-order chi connectivity index (χ1) is 14.0. The van der Waals surface area contributed by atoms with Crippen molar-refractivity contribution in [2.45, 2.75) is 35.9 Å². The molecule has 0 saturated carbocycles. The monoisotopic (exact) mass is 426 g/mol. The van der Waals surface area contributed by atoms with E-state index in [4.69, 9.17) is 27.3 Å². The SMILES string of the molecule is CCc1[nH]c2nc(Sc3ccc4c(c3)C(=O)CC=N4)nc(N3CC(N)C3)c2c1Cl. The lowest BCUT2D eigenvalue weighted by molar-refractivity contribution is 0.100. The van der Waals surface area contributed by atoms with Crippen LogP contribution in [0.3, 0.4) is 0 Å². The van der Waals surface area contributed by atoms with Gasteiger partial charge in [-0.3, -0.25) is 9.79 Å². The number of benzene rings is 1. The van der Waals surface area contributed by atoms with Gasteiger partial charge in [-0.1, -0.05) is 18.5 Å². The number of carbonyl (C=O) groups excluding carboxylic acids is 1. The van der Waals surface area contributed by atoms with Crippen molar-refractivity contribution in [3.8, 4) is 0 Å². The molecule has 0 radical (unpaired) electrons. The van der Waals surface area contributed by atoms with Gasteiger partial charge in [0.15, 0.2) is 10.9 Å². The van der Waals surface area contributed by atoms with Crippen molar-refractivity contribution >= 4 is 57.9 Å². The van der Waals surface area contributed by atoms with E-state index in [-0.39, 0.29) is 11.8 Å². The summed E-state index contributed by atoms with van der Waals surface area (Å²) in [5.41, 5.74) is 9.00. The smallest absolute Gasteiger partial charge is 0.196 e. The fraction of sp³-hybridized carbons (Fsp3) is 0.300. The topological polar surface area (TPSA) is 100 Å². The van der Waals surface area contributed by atoms with E-state index in [0.717, 1.165) is 47.0 Å². The number of rotatable bonds is 4. The Labute approximate surface area is 176 Å². The molecule has 7 nitrogen and oxygen atoms in total. The third-order valence-corrected chi connectivity index (χ3v) is 6.44. The van der Waals surface area contributed by atoms with Gasteiger partial charge in [0.05, 0.1) is 16.1 Å². The van der Waals surface area contributed by atoms with Gasteiger partial charge in [0, 0.05) is 47.9 Å². The highest BCUT2D eigenvalue weighted by atomic mass is 35.5. The number of aryl methyl sites for hydroxylation is 1. The van der Waals surface area contributed by atoms with Gasteiger partial charge in [-0.05, 0) is 36.4 Å². The number of fused-ring (bicyclic) bond motifs is 2. The molecule has 2 aliphatic heterocycles. The molecule has 0 spiro atoms. The fourth-order valence-corrected chi connectivity index (χ4v) is 4.78. The number of nitrogens with zero attached hydrogens (tertiary/aromatic N) is 4. The quantitative estimate of drug-likeness (QED) is 0.616. The van der Waals surface area contributed by atoms with Gasteiger partial charge in [-0.15, -0.1) is 0 Å². The Balaban J connectivity index is 1.56. The number of ketones is 1. The predicted molar refractivity (Wildman–Crippen MR) is 116 cm³/mol. The zero-order chi connectivity index (χ0) is 20.1. The minimum Gasteiger partial charge on any atom is -0.353 e. The Morgan fingerprint density at radius 2 is 2.17 bits per heavy atom. The summed E-state index contributed by atoms with van der Waals surface area (Å²) in [6.07, 6.45) is 2.77. The lowest BCUT2D eigenvalue weighted by Crippen LogP contribution is -2.56. The summed E-state index contributed by atoms with van der Waals surface area (Å²) >= 11 is 8.02. The van der Waals surface area contributed by atoms with Crippen LogP contribution in [0.2, 0.25) is 5.02 Å². The minimum absolute atomic E-state index is 0.0767. The number of aliphatic imine (C=N–C) groups is 1. The number of carbonyl (C=O) groups is 1. The number of H-pyrrole nitrogens is 1. The first kappa shape index (κ1) is 18.6. The highest BCUT2D eigenvalue weighted by molar-refractivity contribution is 7.99. The Hall–Kier alpha value is -2.42. The van der Waals surface area contributed by atoms with Crippen molar-refractivity contribution in [1.82, 2.24) is 15.0 Å². The summed E-state index contributed by atoms with van der Waals surface area (Å²) in [6.45, 7) is 3.53. The fourth-order valence-electron chi connectivity index (χ4n) is 3.63. The minimum atomic E-state index is 0.0767. The maximum Gasteiger partial charge on any atom is 0.196 e. The van der Waals surface area contributed by atoms with E-state index < -0.39 is 0 Å². The van der Waals surface area contributed by atoms with Crippen LogP contribution in [-0.4, -0.2) is 46.1 Å². The number of hydrogen-bond donors (Lipinski definition) is 2. The summed E-state index contributed by atoms with van der Waals surface area (Å²) in [4.78, 5) is 32.3. The number of anilines is 1. The van der Waals surface area contributed by atoms with Gasteiger partial charge in [0.25, 0.3) is 0 Å². The van der Waals surface area contributed by atoms with Crippen LogP contribution in [0.1, 0.15) is 29.4 Å². The van der Waals surface area contributed by atoms with Gasteiger partial charge < -0.3 is 15.6 Å². The second kappa shape index (κ2) is 7.12. The molecule has 148 valence electrons. The lowest BCUT2D eigenvalue weighted by Gasteiger charge is -2.38. The summed E-state index contributed by atoms with van der Waals surface area (Å²) in [5.74, 6) is 0.881. The summed E-state index contributed by atoms with van der Waals surface area (Å²) in [5, 5.41) is 2.11. The van der Waals surface area contributed by atoms with Crippen LogP contribution in [0.4, 0.5) is 11.5 Å². The second-order valence-electron chi connectivity index (χ2n) is 7.21.